The Hall–Kier alpha value is -2.73. The number of primary amides is 1. The number of hydrogen-bond donors (Lipinski definition) is 1. The Balaban J connectivity index is 1.81. The van der Waals surface area contributed by atoms with Crippen LogP contribution in [0.5, 0.6) is 0 Å². The summed E-state index contributed by atoms with van der Waals surface area (Å²) in [6.07, 6.45) is 4.15. The molecule has 2 heterocycles. The molecule has 1 amide bonds. The number of aromatic nitrogens is 2. The van der Waals surface area contributed by atoms with Crippen molar-refractivity contribution in [3.05, 3.63) is 81.3 Å². The van der Waals surface area contributed by atoms with E-state index in [1.54, 1.807) is 6.33 Å². The number of hydrogen-bond acceptors (Lipinski definition) is 3. The molecule has 2 aromatic carbocycles. The van der Waals surface area contributed by atoms with E-state index in [0.29, 0.717) is 5.92 Å². The third-order valence-electron chi connectivity index (χ3n) is 5.47. The fraction of sp³-hybridized carbons (Fsp3) is 0.227. The van der Waals surface area contributed by atoms with Gasteiger partial charge in [-0.15, -0.1) is 0 Å². The lowest BCUT2D eigenvalue weighted by Gasteiger charge is -2.14. The minimum Gasteiger partial charge on any atom is -0.364 e. The molecule has 0 radical (unpaired) electrons. The van der Waals surface area contributed by atoms with Crippen LogP contribution < -0.4 is 5.73 Å². The largest absolute Gasteiger partial charge is 0.364 e. The summed E-state index contributed by atoms with van der Waals surface area (Å²) in [5.41, 5.74) is 11.9. The number of benzene rings is 2. The summed E-state index contributed by atoms with van der Waals surface area (Å²) in [7, 11) is 0. The SMILES string of the molecule is C[C@@H]1N=C(c2ccccc2Br)c2cc(C3CC3)ccc2-n2cnc(C(N)=O)c21. The number of carbonyl (C=O) groups is 1. The van der Waals surface area contributed by atoms with Gasteiger partial charge in [-0.2, -0.15) is 0 Å². The monoisotopic (exact) mass is 434 g/mol. The van der Waals surface area contributed by atoms with E-state index in [4.69, 9.17) is 10.7 Å². The van der Waals surface area contributed by atoms with Crippen molar-refractivity contribution in [1.82, 2.24) is 9.55 Å². The number of nitrogens with zero attached hydrogens (tertiary/aromatic N) is 3. The zero-order chi connectivity index (χ0) is 19.4. The second-order valence-corrected chi connectivity index (χ2v) is 8.25. The van der Waals surface area contributed by atoms with Crippen LogP contribution in [0.25, 0.3) is 5.69 Å². The quantitative estimate of drug-likeness (QED) is 0.657. The predicted octanol–water partition coefficient (Wildman–Crippen LogP) is 4.52. The second-order valence-electron chi connectivity index (χ2n) is 7.40. The molecule has 1 saturated carbocycles. The molecular weight excluding hydrogens is 416 g/mol. The molecular formula is C22H19BrN4O. The van der Waals surface area contributed by atoms with Crippen LogP contribution in [-0.4, -0.2) is 21.2 Å². The topological polar surface area (TPSA) is 73.3 Å². The number of aliphatic imine (C=N–C) groups is 1. The number of carbonyl (C=O) groups excluding carboxylic acids is 1. The van der Waals surface area contributed by atoms with Gasteiger partial charge in [0.2, 0.25) is 0 Å². The first-order chi connectivity index (χ1) is 13.5. The van der Waals surface area contributed by atoms with Gasteiger partial charge in [0.05, 0.1) is 23.1 Å². The van der Waals surface area contributed by atoms with E-state index in [1.807, 2.05) is 29.7 Å². The normalized spacial score (nSPS) is 18.1. The Morgan fingerprint density at radius 2 is 1.96 bits per heavy atom. The maximum Gasteiger partial charge on any atom is 0.269 e. The van der Waals surface area contributed by atoms with Crippen LogP contribution in [0.15, 0.2) is 58.3 Å². The average Bonchev–Trinajstić information content (AvgIpc) is 3.45. The lowest BCUT2D eigenvalue weighted by molar-refractivity contribution is 0.0994. The minimum atomic E-state index is -0.531. The number of imidazole rings is 1. The van der Waals surface area contributed by atoms with Crippen molar-refractivity contribution in [3.8, 4) is 5.69 Å². The Kier molecular flexibility index (Phi) is 3.98. The Morgan fingerprint density at radius 3 is 2.68 bits per heavy atom. The van der Waals surface area contributed by atoms with E-state index in [2.05, 4.69) is 45.2 Å². The first-order valence-electron chi connectivity index (χ1n) is 9.39. The van der Waals surface area contributed by atoms with E-state index in [1.165, 1.54) is 18.4 Å². The lowest BCUT2D eigenvalue weighted by Crippen LogP contribution is -2.15. The molecule has 1 fully saturated rings. The van der Waals surface area contributed by atoms with Gasteiger partial charge in [-0.3, -0.25) is 14.4 Å². The molecule has 5 rings (SSSR count). The van der Waals surface area contributed by atoms with Gasteiger partial charge in [0, 0.05) is 15.6 Å². The van der Waals surface area contributed by atoms with Crippen LogP contribution in [0.3, 0.4) is 0 Å². The third kappa shape index (κ3) is 2.71. The van der Waals surface area contributed by atoms with Gasteiger partial charge in [0.1, 0.15) is 6.33 Å². The van der Waals surface area contributed by atoms with E-state index < -0.39 is 5.91 Å². The molecule has 2 N–H and O–H groups in total. The summed E-state index contributed by atoms with van der Waals surface area (Å²) in [6.45, 7) is 1.98. The van der Waals surface area contributed by atoms with Gasteiger partial charge in [-0.25, -0.2) is 4.98 Å². The van der Waals surface area contributed by atoms with Crippen LogP contribution in [-0.2, 0) is 0 Å². The van der Waals surface area contributed by atoms with Gasteiger partial charge in [-0.05, 0) is 49.4 Å². The number of nitrogens with two attached hydrogens (primary N) is 1. The highest BCUT2D eigenvalue weighted by Gasteiger charge is 2.30. The van der Waals surface area contributed by atoms with Crippen molar-refractivity contribution in [3.63, 3.8) is 0 Å². The highest BCUT2D eigenvalue weighted by Crippen LogP contribution is 2.42. The van der Waals surface area contributed by atoms with E-state index in [9.17, 15) is 4.79 Å². The van der Waals surface area contributed by atoms with Crippen molar-refractivity contribution in [2.45, 2.75) is 31.7 Å². The molecule has 5 nitrogen and oxygen atoms in total. The maximum atomic E-state index is 12.0. The zero-order valence-electron chi connectivity index (χ0n) is 15.4. The van der Waals surface area contributed by atoms with Crippen LogP contribution in [0, 0.1) is 0 Å². The van der Waals surface area contributed by atoms with Crippen molar-refractivity contribution >= 4 is 27.5 Å². The lowest BCUT2D eigenvalue weighted by atomic mass is 9.97. The van der Waals surface area contributed by atoms with Gasteiger partial charge >= 0.3 is 0 Å². The van der Waals surface area contributed by atoms with E-state index in [0.717, 1.165) is 32.7 Å². The summed E-state index contributed by atoms with van der Waals surface area (Å²) in [5, 5.41) is 0. The summed E-state index contributed by atoms with van der Waals surface area (Å²) in [4.78, 5) is 21.3. The molecule has 0 spiro atoms. The van der Waals surface area contributed by atoms with Crippen molar-refractivity contribution < 1.29 is 4.79 Å². The molecule has 6 heteroatoms. The molecule has 28 heavy (non-hydrogen) atoms. The fourth-order valence-corrected chi connectivity index (χ4v) is 4.43. The molecule has 0 saturated heterocycles. The summed E-state index contributed by atoms with van der Waals surface area (Å²) < 4.78 is 2.95. The number of rotatable bonds is 3. The Labute approximate surface area is 171 Å². The molecule has 1 aliphatic carbocycles. The Bertz CT molecular complexity index is 1140. The molecule has 0 bridgehead atoms. The molecule has 1 aromatic heterocycles. The number of halogens is 1. The standard InChI is InChI=1S/C22H19BrN4O/c1-12-21-20(22(24)28)25-11-27(21)18-9-8-14(13-6-7-13)10-16(18)19(26-12)15-4-2-3-5-17(15)23/h2-5,8-13H,6-7H2,1H3,(H2,24,28)/t12-/m0/s1. The smallest absolute Gasteiger partial charge is 0.269 e. The highest BCUT2D eigenvalue weighted by molar-refractivity contribution is 9.10. The van der Waals surface area contributed by atoms with Gasteiger partial charge in [0.15, 0.2) is 5.69 Å². The minimum absolute atomic E-state index is 0.260. The molecule has 140 valence electrons. The summed E-state index contributed by atoms with van der Waals surface area (Å²) in [5.74, 6) is 0.103. The van der Waals surface area contributed by atoms with Crippen LogP contribution in [0.4, 0.5) is 0 Å². The Morgan fingerprint density at radius 1 is 1.18 bits per heavy atom. The van der Waals surface area contributed by atoms with Gasteiger partial charge in [0.25, 0.3) is 5.91 Å². The summed E-state index contributed by atoms with van der Waals surface area (Å²) >= 11 is 3.68. The molecule has 0 unspecified atom stereocenters. The first-order valence-corrected chi connectivity index (χ1v) is 10.2. The average molecular weight is 435 g/mol. The van der Waals surface area contributed by atoms with Crippen molar-refractivity contribution in [2.75, 3.05) is 0 Å². The predicted molar refractivity (Wildman–Crippen MR) is 112 cm³/mol. The highest BCUT2D eigenvalue weighted by atomic mass is 79.9. The van der Waals surface area contributed by atoms with Gasteiger partial charge in [-0.1, -0.05) is 40.2 Å². The summed E-state index contributed by atoms with van der Waals surface area (Å²) in [6, 6.07) is 14.4. The van der Waals surface area contributed by atoms with Crippen LogP contribution in [0.2, 0.25) is 0 Å². The second kappa shape index (κ2) is 6.41. The van der Waals surface area contributed by atoms with Crippen molar-refractivity contribution in [2.24, 2.45) is 10.7 Å². The van der Waals surface area contributed by atoms with E-state index >= 15 is 0 Å². The van der Waals surface area contributed by atoms with Crippen LogP contribution in [0.1, 0.15) is 64.6 Å². The van der Waals surface area contributed by atoms with Crippen molar-refractivity contribution in [1.29, 1.82) is 0 Å². The maximum absolute atomic E-state index is 12.0. The van der Waals surface area contributed by atoms with Gasteiger partial charge < -0.3 is 5.73 Å². The fourth-order valence-electron chi connectivity index (χ4n) is 3.96. The first kappa shape index (κ1) is 17.4. The molecule has 1 atom stereocenters. The molecule has 1 aliphatic heterocycles. The van der Waals surface area contributed by atoms with Crippen LogP contribution >= 0.6 is 15.9 Å². The van der Waals surface area contributed by atoms with E-state index in [-0.39, 0.29) is 11.7 Å². The molecule has 3 aromatic rings. The zero-order valence-corrected chi connectivity index (χ0v) is 17.0. The number of fused-ring (bicyclic) bond motifs is 3. The third-order valence-corrected chi connectivity index (χ3v) is 6.16. The molecule has 2 aliphatic rings. The number of amides is 1.